The Morgan fingerprint density at radius 2 is 1.63 bits per heavy atom. The van der Waals surface area contributed by atoms with E-state index in [4.69, 9.17) is 0 Å². The molecule has 0 fully saturated rings. The highest BCUT2D eigenvalue weighted by Crippen LogP contribution is 2.42. The molecule has 0 saturated carbocycles. The van der Waals surface area contributed by atoms with Gasteiger partial charge in [-0.3, -0.25) is 4.79 Å². The average Bonchev–Trinajstić information content (AvgIpc) is 2.42. The molecule has 0 spiro atoms. The minimum absolute atomic E-state index is 0.802. The summed E-state index contributed by atoms with van der Waals surface area (Å²) in [6, 6.07) is 17.2. The Bertz CT molecular complexity index is 580. The van der Waals surface area contributed by atoms with Crippen LogP contribution in [0.2, 0.25) is 0 Å². The zero-order chi connectivity index (χ0) is 13.9. The molecule has 2 rings (SSSR count). The third kappa shape index (κ3) is 2.82. The highest BCUT2D eigenvalue weighted by atomic mass is 32.2. The maximum absolute atomic E-state index is 11.7. The molecule has 1 atom stereocenters. The van der Waals surface area contributed by atoms with Gasteiger partial charge in [-0.2, -0.15) is 0 Å². The number of hydrogen-bond donors (Lipinski definition) is 1. The minimum Gasteiger partial charge on any atom is -0.480 e. The molecule has 3 heteroatoms. The summed E-state index contributed by atoms with van der Waals surface area (Å²) in [4.78, 5) is 12.7. The molecule has 2 nitrogen and oxygen atoms in total. The first-order chi connectivity index (χ1) is 9.04. The number of carboxylic acids is 1. The molecular formula is C16H16O2S. The van der Waals surface area contributed by atoms with Crippen LogP contribution in [0.1, 0.15) is 18.1 Å². The number of carboxylic acid groups (broad SMARTS) is 1. The first-order valence-electron chi connectivity index (χ1n) is 6.07. The summed E-state index contributed by atoms with van der Waals surface area (Å²) in [5.74, 6) is -0.827. The van der Waals surface area contributed by atoms with Crippen LogP contribution in [0.5, 0.6) is 0 Å². The number of aliphatic carboxylic acids is 1. The van der Waals surface area contributed by atoms with E-state index in [9.17, 15) is 9.90 Å². The lowest BCUT2D eigenvalue weighted by Gasteiger charge is -2.25. The molecule has 2 aromatic rings. The summed E-state index contributed by atoms with van der Waals surface area (Å²) in [5.41, 5.74) is 1.90. The van der Waals surface area contributed by atoms with Gasteiger partial charge in [-0.15, -0.1) is 11.8 Å². The van der Waals surface area contributed by atoms with Gasteiger partial charge in [0.05, 0.1) is 0 Å². The van der Waals surface area contributed by atoms with E-state index in [1.165, 1.54) is 11.8 Å². The van der Waals surface area contributed by atoms with Gasteiger partial charge >= 0.3 is 5.97 Å². The zero-order valence-electron chi connectivity index (χ0n) is 11.0. The van der Waals surface area contributed by atoms with Crippen LogP contribution in [0.3, 0.4) is 0 Å². The van der Waals surface area contributed by atoms with Crippen molar-refractivity contribution < 1.29 is 9.90 Å². The molecular weight excluding hydrogens is 256 g/mol. The van der Waals surface area contributed by atoms with Crippen molar-refractivity contribution in [2.75, 3.05) is 0 Å². The summed E-state index contributed by atoms with van der Waals surface area (Å²) >= 11 is 1.38. The Morgan fingerprint density at radius 3 is 2.21 bits per heavy atom. The summed E-state index contributed by atoms with van der Waals surface area (Å²) in [6.07, 6.45) is 0. The van der Waals surface area contributed by atoms with E-state index >= 15 is 0 Å². The van der Waals surface area contributed by atoms with Crippen LogP contribution in [0.25, 0.3) is 0 Å². The van der Waals surface area contributed by atoms with Gasteiger partial charge in [0.15, 0.2) is 0 Å². The summed E-state index contributed by atoms with van der Waals surface area (Å²) < 4.78 is -0.979. The van der Waals surface area contributed by atoms with Gasteiger partial charge < -0.3 is 5.11 Å². The molecule has 0 aliphatic heterocycles. The van der Waals surface area contributed by atoms with E-state index < -0.39 is 10.7 Å². The Balaban J connectivity index is 2.42. The van der Waals surface area contributed by atoms with E-state index in [0.717, 1.165) is 16.0 Å². The largest absolute Gasteiger partial charge is 0.480 e. The van der Waals surface area contributed by atoms with E-state index in [-0.39, 0.29) is 0 Å². The molecule has 0 amide bonds. The second-order valence-corrected chi connectivity index (χ2v) is 6.03. The van der Waals surface area contributed by atoms with Crippen molar-refractivity contribution in [2.45, 2.75) is 23.5 Å². The second kappa shape index (κ2) is 5.49. The van der Waals surface area contributed by atoms with Crippen molar-refractivity contribution >= 4 is 17.7 Å². The number of aryl methyl sites for hydroxylation is 1. The maximum Gasteiger partial charge on any atom is 0.324 e. The highest BCUT2D eigenvalue weighted by molar-refractivity contribution is 8.01. The molecule has 0 aromatic heterocycles. The van der Waals surface area contributed by atoms with Gasteiger partial charge in [-0.1, -0.05) is 48.5 Å². The first-order valence-corrected chi connectivity index (χ1v) is 6.89. The fourth-order valence-electron chi connectivity index (χ4n) is 1.87. The highest BCUT2D eigenvalue weighted by Gasteiger charge is 2.36. The van der Waals surface area contributed by atoms with E-state index in [2.05, 4.69) is 0 Å². The predicted octanol–water partition coefficient (Wildman–Crippen LogP) is 4.09. The molecule has 0 aliphatic rings. The van der Waals surface area contributed by atoms with E-state index in [1.807, 2.05) is 61.5 Å². The fraction of sp³-hybridized carbons (Fsp3) is 0.188. The molecule has 0 saturated heterocycles. The summed E-state index contributed by atoms with van der Waals surface area (Å²) in [5, 5.41) is 9.62. The zero-order valence-corrected chi connectivity index (χ0v) is 11.8. The van der Waals surface area contributed by atoms with Crippen LogP contribution >= 0.6 is 11.8 Å². The first kappa shape index (κ1) is 13.7. The Hall–Kier alpha value is -1.74. The average molecular weight is 272 g/mol. The Kier molecular flexibility index (Phi) is 3.96. The number of thioether (sulfide) groups is 1. The van der Waals surface area contributed by atoms with Crippen LogP contribution in [0.4, 0.5) is 0 Å². The molecule has 98 valence electrons. The summed E-state index contributed by atoms with van der Waals surface area (Å²) in [7, 11) is 0. The fourth-order valence-corrected chi connectivity index (χ4v) is 3.03. The predicted molar refractivity (Wildman–Crippen MR) is 78.5 cm³/mol. The lowest BCUT2D eigenvalue weighted by molar-refractivity contribution is -0.139. The van der Waals surface area contributed by atoms with Crippen molar-refractivity contribution in [2.24, 2.45) is 0 Å². The van der Waals surface area contributed by atoms with Gasteiger partial charge in [0.25, 0.3) is 0 Å². The van der Waals surface area contributed by atoms with E-state index in [1.54, 1.807) is 6.92 Å². The van der Waals surface area contributed by atoms with Gasteiger partial charge in [-0.25, -0.2) is 0 Å². The van der Waals surface area contributed by atoms with Gasteiger partial charge in [0.1, 0.15) is 4.75 Å². The van der Waals surface area contributed by atoms with Crippen molar-refractivity contribution in [1.82, 2.24) is 0 Å². The van der Waals surface area contributed by atoms with Crippen LogP contribution in [-0.4, -0.2) is 11.1 Å². The third-order valence-electron chi connectivity index (χ3n) is 3.14. The second-order valence-electron chi connectivity index (χ2n) is 4.57. The lowest BCUT2D eigenvalue weighted by atomic mass is 10.0. The van der Waals surface area contributed by atoms with E-state index in [0.29, 0.717) is 0 Å². The lowest BCUT2D eigenvalue weighted by Crippen LogP contribution is -2.28. The van der Waals surface area contributed by atoms with Crippen molar-refractivity contribution in [3.63, 3.8) is 0 Å². The molecule has 2 aromatic carbocycles. The van der Waals surface area contributed by atoms with Crippen molar-refractivity contribution in [3.8, 4) is 0 Å². The van der Waals surface area contributed by atoms with Crippen LogP contribution in [0, 0.1) is 6.92 Å². The van der Waals surface area contributed by atoms with Crippen LogP contribution < -0.4 is 0 Å². The molecule has 19 heavy (non-hydrogen) atoms. The molecule has 0 aliphatic carbocycles. The van der Waals surface area contributed by atoms with Crippen molar-refractivity contribution in [1.29, 1.82) is 0 Å². The summed E-state index contributed by atoms with van der Waals surface area (Å²) in [6.45, 7) is 3.75. The van der Waals surface area contributed by atoms with Crippen molar-refractivity contribution in [3.05, 3.63) is 65.7 Å². The van der Waals surface area contributed by atoms with Crippen LogP contribution in [-0.2, 0) is 9.54 Å². The molecule has 1 N–H and O–H groups in total. The standard InChI is InChI=1S/C16H16O2S/c1-12-8-6-7-11-14(12)19-16(2,15(17)18)13-9-4-3-5-10-13/h3-11H,1-2H3,(H,17,18)/t16-/m0/s1. The molecule has 0 heterocycles. The quantitative estimate of drug-likeness (QED) is 0.852. The van der Waals surface area contributed by atoms with Gasteiger partial charge in [-0.05, 0) is 31.0 Å². The Labute approximate surface area is 117 Å². The van der Waals surface area contributed by atoms with Gasteiger partial charge in [0.2, 0.25) is 0 Å². The normalized spacial score (nSPS) is 13.8. The minimum atomic E-state index is -0.979. The maximum atomic E-state index is 11.7. The smallest absolute Gasteiger partial charge is 0.324 e. The monoisotopic (exact) mass is 272 g/mol. The third-order valence-corrected chi connectivity index (χ3v) is 4.64. The SMILES string of the molecule is Cc1ccccc1S[C@](C)(C(=O)O)c1ccccc1. The van der Waals surface area contributed by atoms with Gasteiger partial charge in [0, 0.05) is 4.90 Å². The van der Waals surface area contributed by atoms with Crippen LogP contribution in [0.15, 0.2) is 59.5 Å². The Morgan fingerprint density at radius 1 is 1.05 bits per heavy atom. The number of carbonyl (C=O) groups is 1. The number of hydrogen-bond acceptors (Lipinski definition) is 2. The number of rotatable bonds is 4. The molecule has 0 radical (unpaired) electrons. The topological polar surface area (TPSA) is 37.3 Å². The molecule has 0 unspecified atom stereocenters. The number of benzene rings is 2. The molecule has 0 bridgehead atoms.